The molecule has 0 saturated carbocycles. The molecule has 320 valence electrons. The minimum absolute atomic E-state index is 0.144. The molecule has 0 N–H and O–H groups in total. The zero-order valence-corrected chi connectivity index (χ0v) is 38.1. The first kappa shape index (κ1) is 42.2. The van der Waals surface area contributed by atoms with Crippen LogP contribution in [-0.4, -0.2) is 45.5 Å². The van der Waals surface area contributed by atoms with Crippen molar-refractivity contribution in [3.8, 4) is 11.1 Å². The monoisotopic (exact) mass is 844 g/mol. The van der Waals surface area contributed by atoms with Gasteiger partial charge in [-0.05, 0) is 101 Å². The second-order valence-corrected chi connectivity index (χ2v) is 19.4. The summed E-state index contributed by atoms with van der Waals surface area (Å²) in [4.78, 5) is 64.2. The molecule has 0 spiro atoms. The highest BCUT2D eigenvalue weighted by Crippen LogP contribution is 2.52. The Morgan fingerprint density at radius 2 is 0.871 bits per heavy atom. The molecule has 9 rings (SSSR count). The third-order valence-electron chi connectivity index (χ3n) is 14.1. The van der Waals surface area contributed by atoms with Gasteiger partial charge in [-0.25, -0.2) is 0 Å². The number of nitrogens with zero attached hydrogens (tertiary/aromatic N) is 2. The van der Waals surface area contributed by atoms with Gasteiger partial charge in [0.25, 0.3) is 23.6 Å². The molecule has 0 saturated heterocycles. The van der Waals surface area contributed by atoms with Gasteiger partial charge in [-0.15, -0.1) is 11.3 Å². The van der Waals surface area contributed by atoms with Crippen molar-refractivity contribution in [1.29, 1.82) is 0 Å². The van der Waals surface area contributed by atoms with Crippen LogP contribution in [0.25, 0.3) is 64.3 Å². The van der Waals surface area contributed by atoms with Crippen molar-refractivity contribution in [3.63, 3.8) is 0 Å². The zero-order valence-electron chi connectivity index (χ0n) is 37.3. The topological polar surface area (TPSA) is 74.8 Å². The van der Waals surface area contributed by atoms with E-state index >= 15 is 4.79 Å². The smallest absolute Gasteiger partial charge is 0.261 e. The number of hydrogen-bond donors (Lipinski definition) is 0. The largest absolute Gasteiger partial charge is 0.271 e. The number of imide groups is 2. The second-order valence-electron chi connectivity index (χ2n) is 18.1. The number of benzene rings is 6. The number of fused-ring (bicyclic) bond motifs is 3. The van der Waals surface area contributed by atoms with Gasteiger partial charge in [-0.3, -0.25) is 29.0 Å². The highest BCUT2D eigenvalue weighted by Gasteiger charge is 2.41. The molecule has 7 heteroatoms. The van der Waals surface area contributed by atoms with Crippen molar-refractivity contribution >= 4 is 88.1 Å². The lowest BCUT2D eigenvalue weighted by Gasteiger charge is -2.36. The summed E-state index contributed by atoms with van der Waals surface area (Å²) in [6.45, 7) is 10.9. The van der Waals surface area contributed by atoms with Crippen molar-refractivity contribution in [2.45, 2.75) is 149 Å². The van der Waals surface area contributed by atoms with Crippen LogP contribution in [-0.2, 0) is 0 Å². The Kier molecular flexibility index (Phi) is 11.9. The number of rotatable bonds is 19. The maximum Gasteiger partial charge on any atom is 0.261 e. The van der Waals surface area contributed by atoms with Gasteiger partial charge in [-0.2, -0.15) is 0 Å². The minimum atomic E-state index is -0.206. The number of unbranched alkanes of at least 4 members (excludes halogenated alkanes) is 8. The summed E-state index contributed by atoms with van der Waals surface area (Å²) in [6.07, 6.45) is 15.7. The summed E-state index contributed by atoms with van der Waals surface area (Å²) < 4.78 is 1.17. The average molecular weight is 845 g/mol. The van der Waals surface area contributed by atoms with Crippen LogP contribution in [0.4, 0.5) is 0 Å². The molecule has 0 aliphatic carbocycles. The maximum absolute atomic E-state index is 15.2. The summed E-state index contributed by atoms with van der Waals surface area (Å²) in [7, 11) is 0. The lowest BCUT2D eigenvalue weighted by atomic mass is 9.79. The predicted molar refractivity (Wildman–Crippen MR) is 258 cm³/mol. The first-order valence-corrected chi connectivity index (χ1v) is 24.6. The highest BCUT2D eigenvalue weighted by atomic mass is 32.1. The molecule has 62 heavy (non-hydrogen) atoms. The van der Waals surface area contributed by atoms with Crippen molar-refractivity contribution in [2.24, 2.45) is 0 Å². The third kappa shape index (κ3) is 6.81. The standard InChI is InChI=1S/C55H60N2O4S/c1-6-10-14-20-34(21-15-11-7-2)56-52(58)40-29-26-36-37-27-30-42-50-44(55(61)57(54(42)60)35(22-16-12-8-3)23-17-13-9-4)32-43(46-33(5)62-45-25-19-18-24-38(45)46)48(51(37)50)39-28-31-41(53(56)59)49(40)47(36)39/h18-19,24-32,34-35H,6-17,20-23H2,1-5H3. The van der Waals surface area contributed by atoms with Gasteiger partial charge in [0.15, 0.2) is 0 Å². The Morgan fingerprint density at radius 3 is 1.37 bits per heavy atom. The summed E-state index contributed by atoms with van der Waals surface area (Å²) in [5.41, 5.74) is 4.32. The lowest BCUT2D eigenvalue weighted by Crippen LogP contribution is -2.47. The molecule has 0 fully saturated rings. The van der Waals surface area contributed by atoms with E-state index in [4.69, 9.17) is 0 Å². The number of thiophene rings is 1. The van der Waals surface area contributed by atoms with Gasteiger partial charge in [0.1, 0.15) is 0 Å². The molecular formula is C55H60N2O4S. The molecular weight excluding hydrogens is 785 g/mol. The molecule has 6 nitrogen and oxygen atoms in total. The fourth-order valence-electron chi connectivity index (χ4n) is 11.1. The fraction of sp³-hybridized carbons (Fsp3) is 0.418. The normalized spacial score (nSPS) is 14.3. The van der Waals surface area contributed by atoms with Gasteiger partial charge in [0.2, 0.25) is 0 Å². The van der Waals surface area contributed by atoms with Gasteiger partial charge < -0.3 is 0 Å². The molecule has 0 atom stereocenters. The minimum Gasteiger partial charge on any atom is -0.271 e. The van der Waals surface area contributed by atoms with Crippen LogP contribution >= 0.6 is 11.3 Å². The lowest BCUT2D eigenvalue weighted by molar-refractivity contribution is 0.0501. The van der Waals surface area contributed by atoms with E-state index < -0.39 is 0 Å². The van der Waals surface area contributed by atoms with Crippen LogP contribution in [0.2, 0.25) is 0 Å². The van der Waals surface area contributed by atoms with Crippen LogP contribution in [0.15, 0.2) is 66.7 Å². The molecule has 0 unspecified atom stereocenters. The van der Waals surface area contributed by atoms with Crippen molar-refractivity contribution in [3.05, 3.63) is 93.9 Å². The molecule has 0 radical (unpaired) electrons. The summed E-state index contributed by atoms with van der Waals surface area (Å²) >= 11 is 1.75. The van der Waals surface area contributed by atoms with Gasteiger partial charge in [0, 0.05) is 65.6 Å². The van der Waals surface area contributed by atoms with E-state index in [-0.39, 0.29) is 35.7 Å². The van der Waals surface area contributed by atoms with Gasteiger partial charge >= 0.3 is 0 Å². The highest BCUT2D eigenvalue weighted by molar-refractivity contribution is 7.19. The molecule has 6 aromatic carbocycles. The van der Waals surface area contributed by atoms with E-state index in [0.717, 1.165) is 156 Å². The van der Waals surface area contributed by atoms with Gasteiger partial charge in [-0.1, -0.05) is 141 Å². The van der Waals surface area contributed by atoms with E-state index in [1.165, 1.54) is 4.70 Å². The van der Waals surface area contributed by atoms with E-state index in [9.17, 15) is 14.4 Å². The number of hydrogen-bond acceptors (Lipinski definition) is 5. The number of carbonyl (C=O) groups is 4. The van der Waals surface area contributed by atoms with Crippen molar-refractivity contribution in [2.75, 3.05) is 0 Å². The molecule has 0 bridgehead atoms. The Morgan fingerprint density at radius 1 is 0.435 bits per heavy atom. The quantitative estimate of drug-likeness (QED) is 0.0352. The van der Waals surface area contributed by atoms with E-state index in [0.29, 0.717) is 33.0 Å². The van der Waals surface area contributed by atoms with E-state index in [1.807, 2.05) is 24.3 Å². The van der Waals surface area contributed by atoms with Crippen LogP contribution < -0.4 is 0 Å². The molecule has 2 aliphatic heterocycles. The van der Waals surface area contributed by atoms with E-state index in [1.54, 1.807) is 21.1 Å². The Hall–Kier alpha value is -5.14. The Bertz CT molecular complexity index is 2840. The summed E-state index contributed by atoms with van der Waals surface area (Å²) in [6, 6.07) is 22.2. The first-order valence-electron chi connectivity index (χ1n) is 23.7. The molecule has 1 aromatic heterocycles. The molecule has 7 aromatic rings. The van der Waals surface area contributed by atoms with Crippen LogP contribution in [0.1, 0.15) is 177 Å². The van der Waals surface area contributed by atoms with Gasteiger partial charge in [0.05, 0.1) is 0 Å². The SMILES string of the molecule is CCCCCC(CCCCC)N1C(=O)c2ccc3c4ccc5c6c(cc(-c7c(C)sc8ccccc78)c(c7ccc(c2c37)C1=O)c64)C(=O)N(C(CCCCC)CCCCC)C5=O. The maximum atomic E-state index is 15.2. The third-order valence-corrected chi connectivity index (χ3v) is 15.2. The second kappa shape index (κ2) is 17.6. The summed E-state index contributed by atoms with van der Waals surface area (Å²) in [5, 5.41) is 8.07. The van der Waals surface area contributed by atoms with Crippen molar-refractivity contribution in [1.82, 2.24) is 9.80 Å². The number of amides is 4. The number of carbonyl (C=O) groups excluding carboxylic acids is 4. The fourth-order valence-corrected chi connectivity index (χ4v) is 12.2. The predicted octanol–water partition coefficient (Wildman–Crippen LogP) is 15.2. The molecule has 2 aliphatic rings. The van der Waals surface area contributed by atoms with E-state index in [2.05, 4.69) is 77.1 Å². The molecule has 3 heterocycles. The Labute approximate surface area is 370 Å². The molecule has 4 amide bonds. The number of aryl methyl sites for hydroxylation is 1. The van der Waals surface area contributed by atoms with Crippen LogP contribution in [0.5, 0.6) is 0 Å². The van der Waals surface area contributed by atoms with Crippen LogP contribution in [0.3, 0.4) is 0 Å². The average Bonchev–Trinajstić information content (AvgIpc) is 3.62. The summed E-state index contributed by atoms with van der Waals surface area (Å²) in [5.74, 6) is -0.822. The first-order chi connectivity index (χ1) is 30.2. The zero-order chi connectivity index (χ0) is 43.2. The van der Waals surface area contributed by atoms with Crippen LogP contribution in [0, 0.1) is 6.92 Å². The van der Waals surface area contributed by atoms with Crippen molar-refractivity contribution < 1.29 is 19.2 Å². The Balaban J connectivity index is 1.31.